The number of anilines is 2. The molecule has 1 N–H and O–H groups in total. The summed E-state index contributed by atoms with van der Waals surface area (Å²) in [5.41, 5.74) is 1.53. The lowest BCUT2D eigenvalue weighted by atomic mass is 10.1. The lowest BCUT2D eigenvalue weighted by Gasteiger charge is -2.28. The third-order valence-corrected chi connectivity index (χ3v) is 6.33. The largest absolute Gasteiger partial charge is 0.372 e. The van der Waals surface area contributed by atoms with Crippen LogP contribution in [0.25, 0.3) is 0 Å². The molecule has 2 aliphatic heterocycles. The van der Waals surface area contributed by atoms with Gasteiger partial charge in [0, 0.05) is 43.5 Å². The molecule has 1 fully saturated rings. The Morgan fingerprint density at radius 1 is 0.941 bits per heavy atom. The number of hydrogen-bond acceptors (Lipinski definition) is 6. The van der Waals surface area contributed by atoms with Crippen LogP contribution in [0, 0.1) is 10.1 Å². The molecule has 0 aromatic heterocycles. The van der Waals surface area contributed by atoms with Gasteiger partial charge < -0.3 is 10.2 Å². The van der Waals surface area contributed by atoms with Gasteiger partial charge in [-0.2, -0.15) is 0 Å². The average molecular weight is 465 g/mol. The zero-order chi connectivity index (χ0) is 24.1. The number of unbranched alkanes of at least 4 members (excludes halogenated alkanes) is 2. The molecule has 0 atom stereocenters. The molecule has 2 aromatic rings. The Bertz CT molecular complexity index is 1090. The van der Waals surface area contributed by atoms with Crippen molar-refractivity contribution in [1.82, 2.24) is 4.90 Å². The minimum absolute atomic E-state index is 0.0740. The van der Waals surface area contributed by atoms with Crippen molar-refractivity contribution in [1.29, 1.82) is 0 Å². The highest BCUT2D eigenvalue weighted by Gasteiger charge is 2.40. The van der Waals surface area contributed by atoms with Crippen molar-refractivity contribution in [3.63, 3.8) is 0 Å². The predicted molar refractivity (Wildman–Crippen MR) is 128 cm³/mol. The summed E-state index contributed by atoms with van der Waals surface area (Å²) < 4.78 is 0. The summed E-state index contributed by atoms with van der Waals surface area (Å²) in [6.07, 6.45) is 5.83. The molecule has 3 amide bonds. The first kappa shape index (κ1) is 23.4. The van der Waals surface area contributed by atoms with Crippen LogP contribution in [-0.2, 0) is 4.79 Å². The summed E-state index contributed by atoms with van der Waals surface area (Å²) in [4.78, 5) is 51.3. The normalized spacial score (nSPS) is 15.4. The molecule has 2 heterocycles. The molecule has 0 saturated carbocycles. The number of benzene rings is 2. The number of piperidine rings is 1. The fourth-order valence-corrected chi connectivity index (χ4v) is 4.53. The summed E-state index contributed by atoms with van der Waals surface area (Å²) in [5.74, 6) is -1.21. The van der Waals surface area contributed by atoms with Gasteiger partial charge in [-0.15, -0.1) is 0 Å². The number of imide groups is 1. The smallest absolute Gasteiger partial charge is 0.282 e. The highest BCUT2D eigenvalue weighted by molar-refractivity contribution is 6.23. The van der Waals surface area contributed by atoms with E-state index in [1.807, 2.05) is 24.3 Å². The van der Waals surface area contributed by atoms with Gasteiger partial charge in [-0.1, -0.05) is 12.5 Å². The molecule has 0 aliphatic carbocycles. The van der Waals surface area contributed by atoms with E-state index in [-0.39, 0.29) is 29.3 Å². The van der Waals surface area contributed by atoms with Gasteiger partial charge in [0.25, 0.3) is 17.5 Å². The molecule has 0 bridgehead atoms. The number of nitro benzene ring substituents is 1. The molecular weight excluding hydrogens is 436 g/mol. The fourth-order valence-electron chi connectivity index (χ4n) is 4.53. The van der Waals surface area contributed by atoms with Gasteiger partial charge in [0.05, 0.1) is 10.5 Å². The van der Waals surface area contributed by atoms with Crippen LogP contribution in [-0.4, -0.2) is 47.2 Å². The van der Waals surface area contributed by atoms with Crippen LogP contribution >= 0.6 is 0 Å². The zero-order valence-electron chi connectivity index (χ0n) is 19.0. The van der Waals surface area contributed by atoms with E-state index in [0.29, 0.717) is 25.7 Å². The summed E-state index contributed by atoms with van der Waals surface area (Å²) in [5, 5.41) is 14.1. The molecule has 1 saturated heterocycles. The number of carbonyl (C=O) groups excluding carboxylic acids is 3. The Morgan fingerprint density at radius 3 is 2.38 bits per heavy atom. The standard InChI is InChI=1S/C25H28N4O5/c30-22(26-18-11-13-19(14-12-18)27-15-4-2-5-16-27)10-3-1-6-17-28-24(31)20-8-7-9-21(29(33)34)23(20)25(28)32/h7-9,11-14H,1-6,10,15-17H2,(H,26,30). The quantitative estimate of drug-likeness (QED) is 0.255. The second kappa shape index (κ2) is 10.5. The number of fused-ring (bicyclic) bond motifs is 1. The molecule has 178 valence electrons. The van der Waals surface area contributed by atoms with Crippen molar-refractivity contribution in [2.24, 2.45) is 0 Å². The second-order valence-corrected chi connectivity index (χ2v) is 8.67. The minimum atomic E-state index is -0.645. The van der Waals surface area contributed by atoms with Gasteiger partial charge in [-0.3, -0.25) is 29.4 Å². The molecule has 0 radical (unpaired) electrons. The van der Waals surface area contributed by atoms with Crippen molar-refractivity contribution in [3.8, 4) is 0 Å². The average Bonchev–Trinajstić information content (AvgIpc) is 3.09. The van der Waals surface area contributed by atoms with Crippen molar-refractivity contribution >= 4 is 34.8 Å². The molecule has 4 rings (SSSR count). The topological polar surface area (TPSA) is 113 Å². The van der Waals surface area contributed by atoms with Crippen LogP contribution in [0.3, 0.4) is 0 Å². The Kier molecular flexibility index (Phi) is 7.20. The molecule has 2 aliphatic rings. The Hall–Kier alpha value is -3.75. The van der Waals surface area contributed by atoms with Gasteiger partial charge in [-0.25, -0.2) is 0 Å². The van der Waals surface area contributed by atoms with E-state index in [9.17, 15) is 24.5 Å². The summed E-state index contributed by atoms with van der Waals surface area (Å²) >= 11 is 0. The number of nitrogens with one attached hydrogen (secondary N) is 1. The number of nitro groups is 1. The van der Waals surface area contributed by atoms with Crippen molar-refractivity contribution in [2.45, 2.75) is 44.9 Å². The summed E-state index contributed by atoms with van der Waals surface area (Å²) in [7, 11) is 0. The monoisotopic (exact) mass is 464 g/mol. The first-order chi connectivity index (χ1) is 16.5. The summed E-state index contributed by atoms with van der Waals surface area (Å²) in [6.45, 7) is 2.32. The fraction of sp³-hybridized carbons (Fsp3) is 0.400. The van der Waals surface area contributed by atoms with E-state index >= 15 is 0 Å². The van der Waals surface area contributed by atoms with Crippen LogP contribution in [0.2, 0.25) is 0 Å². The number of rotatable bonds is 9. The van der Waals surface area contributed by atoms with Gasteiger partial charge >= 0.3 is 0 Å². The van der Waals surface area contributed by atoms with Crippen molar-refractivity contribution in [2.75, 3.05) is 29.9 Å². The molecule has 0 spiro atoms. The van der Waals surface area contributed by atoms with Crippen LogP contribution in [0.4, 0.5) is 17.1 Å². The molecule has 9 nitrogen and oxygen atoms in total. The lowest BCUT2D eigenvalue weighted by molar-refractivity contribution is -0.385. The van der Waals surface area contributed by atoms with E-state index in [2.05, 4.69) is 10.2 Å². The highest BCUT2D eigenvalue weighted by atomic mass is 16.6. The van der Waals surface area contributed by atoms with Crippen LogP contribution in [0.5, 0.6) is 0 Å². The number of carbonyl (C=O) groups is 3. The Labute approximate surface area is 197 Å². The van der Waals surface area contributed by atoms with Crippen LogP contribution < -0.4 is 10.2 Å². The zero-order valence-corrected chi connectivity index (χ0v) is 19.0. The number of amides is 3. The molecular formula is C25H28N4O5. The van der Waals surface area contributed by atoms with E-state index in [4.69, 9.17) is 0 Å². The minimum Gasteiger partial charge on any atom is -0.372 e. The van der Waals surface area contributed by atoms with E-state index in [1.54, 1.807) is 0 Å². The Morgan fingerprint density at radius 2 is 1.68 bits per heavy atom. The van der Waals surface area contributed by atoms with Crippen LogP contribution in [0.1, 0.15) is 65.7 Å². The van der Waals surface area contributed by atoms with E-state index < -0.39 is 16.7 Å². The first-order valence-corrected chi connectivity index (χ1v) is 11.7. The Balaban J connectivity index is 1.19. The second-order valence-electron chi connectivity index (χ2n) is 8.67. The van der Waals surface area contributed by atoms with Gasteiger partial charge in [0.1, 0.15) is 5.56 Å². The summed E-state index contributed by atoms with van der Waals surface area (Å²) in [6, 6.07) is 12.0. The molecule has 9 heteroatoms. The van der Waals surface area contributed by atoms with Gasteiger partial charge in [-0.05, 0) is 62.4 Å². The van der Waals surface area contributed by atoms with E-state index in [1.165, 1.54) is 43.1 Å². The molecule has 0 unspecified atom stereocenters. The maximum absolute atomic E-state index is 12.6. The lowest BCUT2D eigenvalue weighted by Crippen LogP contribution is -2.30. The maximum Gasteiger partial charge on any atom is 0.282 e. The third kappa shape index (κ3) is 5.08. The van der Waals surface area contributed by atoms with Crippen molar-refractivity contribution < 1.29 is 19.3 Å². The van der Waals surface area contributed by atoms with Gasteiger partial charge in [0.15, 0.2) is 0 Å². The van der Waals surface area contributed by atoms with Crippen molar-refractivity contribution in [3.05, 3.63) is 63.7 Å². The van der Waals surface area contributed by atoms with Crippen LogP contribution in [0.15, 0.2) is 42.5 Å². The number of nitrogens with zero attached hydrogens (tertiary/aromatic N) is 3. The first-order valence-electron chi connectivity index (χ1n) is 11.7. The van der Waals surface area contributed by atoms with E-state index in [0.717, 1.165) is 23.7 Å². The maximum atomic E-state index is 12.6. The SMILES string of the molecule is O=C(CCCCCN1C(=O)c2cccc([N+](=O)[O-])c2C1=O)Nc1ccc(N2CCCCC2)cc1. The third-order valence-electron chi connectivity index (χ3n) is 6.33. The molecule has 34 heavy (non-hydrogen) atoms. The molecule has 2 aromatic carbocycles. The predicted octanol–water partition coefficient (Wildman–Crippen LogP) is 4.38. The number of hydrogen-bond donors (Lipinski definition) is 1. The highest BCUT2D eigenvalue weighted by Crippen LogP contribution is 2.31. The van der Waals surface area contributed by atoms with Gasteiger partial charge in [0.2, 0.25) is 5.91 Å².